The summed E-state index contributed by atoms with van der Waals surface area (Å²) in [6.45, 7) is 5.98. The largest absolute Gasteiger partial charge is 0.546 e. The summed E-state index contributed by atoms with van der Waals surface area (Å²) in [4.78, 5) is 26.3. The first-order valence-electron chi connectivity index (χ1n) is 21.5. The number of ketones is 1. The number of carbonyl (C=O) groups is 2. The Morgan fingerprint density at radius 2 is 0.792 bits per heavy atom. The van der Waals surface area contributed by atoms with E-state index in [-0.39, 0.29) is 11.3 Å². The molecule has 0 fully saturated rings. The van der Waals surface area contributed by atoms with Crippen molar-refractivity contribution in [2.75, 3.05) is 34.3 Å². The number of likely N-dealkylation sites (N-methyl/N-ethyl adjacent to an activating group) is 1. The van der Waals surface area contributed by atoms with E-state index >= 15 is 0 Å². The third kappa shape index (κ3) is 35.5. The van der Waals surface area contributed by atoms with Crippen LogP contribution in [-0.2, 0) is 14.1 Å². The molecular weight excluding hydrogens is 609 g/mol. The van der Waals surface area contributed by atoms with Crippen LogP contribution in [0.25, 0.3) is 0 Å². The zero-order chi connectivity index (χ0) is 35.4. The van der Waals surface area contributed by atoms with Crippen LogP contribution >= 0.6 is 8.81 Å². The van der Waals surface area contributed by atoms with Crippen LogP contribution in [0.1, 0.15) is 226 Å². The molecule has 1 atom stereocenters. The molecule has 4 nitrogen and oxygen atoms in total. The Hall–Kier alpha value is -0.310. The number of hydrogen-bond donors (Lipinski definition) is 0. The molecule has 0 heterocycles. The lowest BCUT2D eigenvalue weighted by atomic mass is 9.93. The van der Waals surface area contributed by atoms with E-state index < -0.39 is 5.92 Å². The van der Waals surface area contributed by atoms with Crippen molar-refractivity contribution >= 4 is 20.1 Å². The third-order valence-electron chi connectivity index (χ3n) is 10.1. The Morgan fingerprint density at radius 3 is 1.12 bits per heavy atom. The molecule has 0 aromatic rings. The Kier molecular flexibility index (Phi) is 36.2. The number of Topliss-reactive ketones (excluding diaryl/α,β-unsaturated/α-hetero) is 1. The van der Waals surface area contributed by atoms with E-state index in [1.807, 2.05) is 0 Å². The lowest BCUT2D eigenvalue weighted by Gasteiger charge is -2.28. The fourth-order valence-electron chi connectivity index (χ4n) is 6.65. The van der Waals surface area contributed by atoms with Gasteiger partial charge in [0.2, 0.25) is 0 Å². The fraction of sp³-hybridized carbons (Fsp3) is 0.953. The molecule has 0 aliphatic carbocycles. The minimum atomic E-state index is -0.464. The molecule has 0 aromatic heterocycles. The summed E-state index contributed by atoms with van der Waals surface area (Å²) in [5, 5.41) is 0. The highest BCUT2D eigenvalue weighted by molar-refractivity contribution is 7.53. The standard InChI is InChI=1S/C43H86NO3P/c1-6-8-10-12-14-16-18-20-22-24-25-27-29-31-33-35-37-41(43(46)48-47-40-39-44(3,4)5)42(45)38-36-34-32-30-28-26-23-21-19-17-15-13-11-9-7-2/h41H,6-40H2,1-5H3. The lowest BCUT2D eigenvalue weighted by Crippen LogP contribution is -2.37. The van der Waals surface area contributed by atoms with Crippen molar-refractivity contribution in [1.82, 2.24) is 0 Å². The van der Waals surface area contributed by atoms with Crippen molar-refractivity contribution in [1.29, 1.82) is 0 Å². The van der Waals surface area contributed by atoms with Crippen LogP contribution in [0.5, 0.6) is 0 Å². The molecule has 0 saturated carbocycles. The predicted octanol–water partition coefficient (Wildman–Crippen LogP) is 14.2. The van der Waals surface area contributed by atoms with E-state index in [9.17, 15) is 9.59 Å². The minimum Gasteiger partial charge on any atom is -0.546 e. The maximum absolute atomic E-state index is 13.2. The van der Waals surface area contributed by atoms with Gasteiger partial charge in [0.15, 0.2) is 0 Å². The maximum atomic E-state index is 13.2. The second-order valence-corrected chi connectivity index (χ2v) is 17.0. The van der Waals surface area contributed by atoms with Crippen molar-refractivity contribution in [3.63, 3.8) is 0 Å². The summed E-state index contributed by atoms with van der Waals surface area (Å²) >= 11 is 0. The second-order valence-electron chi connectivity index (χ2n) is 16.1. The fourth-order valence-corrected chi connectivity index (χ4v) is 7.35. The van der Waals surface area contributed by atoms with Crippen molar-refractivity contribution in [3.8, 4) is 0 Å². The molecule has 1 unspecified atom stereocenters. The molecule has 0 spiro atoms. The Labute approximate surface area is 303 Å². The van der Waals surface area contributed by atoms with Gasteiger partial charge in [-0.2, -0.15) is 0 Å². The van der Waals surface area contributed by atoms with Gasteiger partial charge in [-0.3, -0.25) is 4.79 Å². The number of rotatable bonds is 40. The molecule has 0 bridgehead atoms. The third-order valence-corrected chi connectivity index (χ3v) is 10.9. The van der Waals surface area contributed by atoms with Crippen LogP contribution in [0.15, 0.2) is 0 Å². The number of carbonyl (C=O) groups excluding carboxylic acids is 2. The number of nitrogens with zero attached hydrogens (tertiary/aromatic N) is 1. The van der Waals surface area contributed by atoms with Crippen molar-refractivity contribution < 1.29 is 18.6 Å². The number of hydrogen-bond acceptors (Lipinski definition) is 3. The highest BCUT2D eigenvalue weighted by Gasteiger charge is 2.20. The molecule has 0 aliphatic rings. The van der Waals surface area contributed by atoms with Gasteiger partial charge in [0.05, 0.1) is 34.3 Å². The molecule has 5 heteroatoms. The van der Waals surface area contributed by atoms with Crippen LogP contribution in [0.3, 0.4) is 0 Å². The van der Waals surface area contributed by atoms with E-state index in [0.717, 1.165) is 36.7 Å². The van der Waals surface area contributed by atoms with Crippen molar-refractivity contribution in [2.45, 2.75) is 226 Å². The molecule has 0 aromatic carbocycles. The van der Waals surface area contributed by atoms with Crippen LogP contribution in [0.2, 0.25) is 0 Å². The van der Waals surface area contributed by atoms with Crippen LogP contribution < -0.4 is 0 Å². The molecule has 0 saturated heterocycles. The van der Waals surface area contributed by atoms with Gasteiger partial charge in [-0.05, 0) is 12.8 Å². The topological polar surface area (TPSA) is 43.4 Å². The zero-order valence-corrected chi connectivity index (χ0v) is 34.3. The highest BCUT2D eigenvalue weighted by Crippen LogP contribution is 2.27. The molecule has 286 valence electrons. The summed E-state index contributed by atoms with van der Waals surface area (Å²) in [6, 6.07) is 0. The van der Waals surface area contributed by atoms with Gasteiger partial charge in [-0.15, -0.1) is 0 Å². The first-order chi connectivity index (χ1) is 23.3. The summed E-state index contributed by atoms with van der Waals surface area (Å²) < 4.78 is 6.53. The van der Waals surface area contributed by atoms with E-state index in [4.69, 9.17) is 4.52 Å². The van der Waals surface area contributed by atoms with Gasteiger partial charge in [-0.1, -0.05) is 206 Å². The van der Waals surface area contributed by atoms with Gasteiger partial charge in [0.1, 0.15) is 5.78 Å². The van der Waals surface area contributed by atoms with Crippen molar-refractivity contribution in [2.24, 2.45) is 5.92 Å². The lowest BCUT2D eigenvalue weighted by molar-refractivity contribution is -0.870. The molecule has 0 rings (SSSR count). The maximum Gasteiger partial charge on any atom is 0.140 e. The van der Waals surface area contributed by atoms with Gasteiger partial charge >= 0.3 is 0 Å². The van der Waals surface area contributed by atoms with E-state index in [0.29, 0.717) is 28.3 Å². The first-order valence-corrected chi connectivity index (χ1v) is 22.3. The highest BCUT2D eigenvalue weighted by atomic mass is 31.1. The Balaban J connectivity index is 4.09. The van der Waals surface area contributed by atoms with Gasteiger partial charge in [-0.25, -0.2) is 0 Å². The van der Waals surface area contributed by atoms with Crippen molar-refractivity contribution in [3.05, 3.63) is 0 Å². The van der Waals surface area contributed by atoms with Crippen LogP contribution in [0.4, 0.5) is 0 Å². The van der Waals surface area contributed by atoms with Crippen LogP contribution in [0, 0.1) is 5.92 Å². The van der Waals surface area contributed by atoms with E-state index in [2.05, 4.69) is 35.0 Å². The summed E-state index contributed by atoms with van der Waals surface area (Å²) in [7, 11) is 6.76. The first kappa shape index (κ1) is 47.7. The molecule has 0 N–H and O–H groups in total. The average Bonchev–Trinajstić information content (AvgIpc) is 3.05. The molecule has 0 radical (unpaired) electrons. The van der Waals surface area contributed by atoms with E-state index in [1.54, 1.807) is 0 Å². The van der Waals surface area contributed by atoms with Gasteiger partial charge in [0, 0.05) is 17.9 Å². The summed E-state index contributed by atoms with van der Waals surface area (Å²) in [6.07, 6.45) is 42.5. The normalized spacial score (nSPS) is 12.8. The summed E-state index contributed by atoms with van der Waals surface area (Å²) in [5.74, 6) is -0.299. The van der Waals surface area contributed by atoms with Crippen LogP contribution in [-0.4, -0.2) is 50.1 Å². The SMILES string of the molecule is CCCCCCCCCCCCCCCCCCC(C(=O)CCCCCCCCCCCCCCCCC)C(=O)[P-]OCC[N+](C)(C)C. The smallest absolute Gasteiger partial charge is 0.140 e. The molecule has 0 aliphatic heterocycles. The minimum absolute atomic E-state index is 0.0108. The number of quaternary nitrogens is 1. The van der Waals surface area contributed by atoms with Gasteiger partial charge < -0.3 is 22.6 Å². The Morgan fingerprint density at radius 1 is 0.479 bits per heavy atom. The zero-order valence-electron chi connectivity index (χ0n) is 33.4. The quantitative estimate of drug-likeness (QED) is 0.0277. The summed E-state index contributed by atoms with van der Waals surface area (Å²) in [5.41, 5.74) is -0.0108. The van der Waals surface area contributed by atoms with E-state index in [1.165, 1.54) is 173 Å². The second kappa shape index (κ2) is 36.5. The average molecular weight is 696 g/mol. The Bertz CT molecular complexity index is 692. The van der Waals surface area contributed by atoms with Gasteiger partial charge in [0.25, 0.3) is 0 Å². The number of unbranched alkanes of at least 4 members (excludes halogenated alkanes) is 29. The molecular formula is C43H86NO3P. The predicted molar refractivity (Wildman–Crippen MR) is 213 cm³/mol. The molecule has 48 heavy (non-hydrogen) atoms. The monoisotopic (exact) mass is 696 g/mol. The molecule has 0 amide bonds.